The predicted molar refractivity (Wildman–Crippen MR) is 59.5 cm³/mol. The Kier molecular flexibility index (Phi) is 2.14. The minimum Gasteiger partial charge on any atom is -0.497 e. The molecule has 2 heteroatoms. The highest BCUT2D eigenvalue weighted by Crippen LogP contribution is 2.34. The molecule has 0 unspecified atom stereocenters. The van der Waals surface area contributed by atoms with Gasteiger partial charge in [0.1, 0.15) is 5.75 Å². The lowest BCUT2D eigenvalue weighted by Crippen LogP contribution is -2.22. The monoisotopic (exact) mass is 202 g/mol. The van der Waals surface area contributed by atoms with Gasteiger partial charge in [-0.2, -0.15) is 0 Å². The number of hydrogen-bond acceptors (Lipinski definition) is 2. The maximum Gasteiger partial charge on any atom is 0.185 e. The van der Waals surface area contributed by atoms with Gasteiger partial charge >= 0.3 is 0 Å². The number of allylic oxidation sites excluding steroid dienone is 2. The van der Waals surface area contributed by atoms with Gasteiger partial charge in [-0.05, 0) is 29.8 Å². The first kappa shape index (κ1) is 9.97. The lowest BCUT2D eigenvalue weighted by Gasteiger charge is -2.27. The minimum absolute atomic E-state index is 0.0759. The molecular formula is C13H14O2. The number of carbonyl (C=O) groups is 1. The Morgan fingerprint density at radius 3 is 2.67 bits per heavy atom. The molecular weight excluding hydrogens is 188 g/mol. The lowest BCUT2D eigenvalue weighted by molar-refractivity contribution is 0.104. The van der Waals surface area contributed by atoms with Gasteiger partial charge < -0.3 is 4.74 Å². The Balaban J connectivity index is 2.63. The first-order valence-electron chi connectivity index (χ1n) is 4.97. The molecule has 1 aliphatic carbocycles. The second-order valence-electron chi connectivity index (χ2n) is 4.33. The molecule has 0 amide bonds. The van der Waals surface area contributed by atoms with Crippen LogP contribution >= 0.6 is 0 Å². The zero-order chi connectivity index (χ0) is 11.1. The van der Waals surface area contributed by atoms with E-state index in [2.05, 4.69) is 13.8 Å². The molecule has 0 spiro atoms. The summed E-state index contributed by atoms with van der Waals surface area (Å²) >= 11 is 0. The summed E-state index contributed by atoms with van der Waals surface area (Å²) in [6.07, 6.45) is 3.59. The van der Waals surface area contributed by atoms with Gasteiger partial charge in [0.15, 0.2) is 5.78 Å². The summed E-state index contributed by atoms with van der Waals surface area (Å²) in [7, 11) is 1.63. The van der Waals surface area contributed by atoms with Crippen molar-refractivity contribution >= 4 is 5.78 Å². The fourth-order valence-corrected chi connectivity index (χ4v) is 1.86. The zero-order valence-corrected chi connectivity index (χ0v) is 9.20. The summed E-state index contributed by atoms with van der Waals surface area (Å²) in [6.45, 7) is 4.18. The topological polar surface area (TPSA) is 26.3 Å². The van der Waals surface area contributed by atoms with Gasteiger partial charge in [-0.15, -0.1) is 0 Å². The molecule has 1 aliphatic rings. The Hall–Kier alpha value is -1.57. The fourth-order valence-electron chi connectivity index (χ4n) is 1.86. The third-order valence-electron chi connectivity index (χ3n) is 2.84. The first-order chi connectivity index (χ1) is 7.04. The van der Waals surface area contributed by atoms with Crippen LogP contribution in [0.15, 0.2) is 30.4 Å². The smallest absolute Gasteiger partial charge is 0.185 e. The number of rotatable bonds is 1. The van der Waals surface area contributed by atoms with Gasteiger partial charge in [0, 0.05) is 11.0 Å². The van der Waals surface area contributed by atoms with Crippen molar-refractivity contribution in [2.45, 2.75) is 19.3 Å². The van der Waals surface area contributed by atoms with Crippen molar-refractivity contribution in [3.63, 3.8) is 0 Å². The minimum atomic E-state index is -0.0994. The Morgan fingerprint density at radius 1 is 1.27 bits per heavy atom. The van der Waals surface area contributed by atoms with Gasteiger partial charge in [0.2, 0.25) is 0 Å². The van der Waals surface area contributed by atoms with Crippen molar-refractivity contribution in [2.24, 2.45) is 0 Å². The summed E-state index contributed by atoms with van der Waals surface area (Å²) < 4.78 is 5.17. The van der Waals surface area contributed by atoms with E-state index in [1.165, 1.54) is 0 Å². The zero-order valence-electron chi connectivity index (χ0n) is 9.20. The van der Waals surface area contributed by atoms with Gasteiger partial charge in [0.05, 0.1) is 7.11 Å². The number of benzene rings is 1. The summed E-state index contributed by atoms with van der Waals surface area (Å²) in [5, 5.41) is 0. The molecule has 0 atom stereocenters. The van der Waals surface area contributed by atoms with Crippen molar-refractivity contribution in [3.8, 4) is 5.75 Å². The van der Waals surface area contributed by atoms with Crippen LogP contribution in [0.1, 0.15) is 29.8 Å². The first-order valence-corrected chi connectivity index (χ1v) is 4.97. The molecule has 0 radical (unpaired) electrons. The number of ether oxygens (including phenoxy) is 1. The van der Waals surface area contributed by atoms with E-state index in [1.807, 2.05) is 24.3 Å². The van der Waals surface area contributed by atoms with E-state index in [9.17, 15) is 4.79 Å². The quantitative estimate of drug-likeness (QED) is 0.700. The molecule has 2 rings (SSSR count). The van der Waals surface area contributed by atoms with Gasteiger partial charge in [-0.3, -0.25) is 4.79 Å². The molecule has 78 valence electrons. The Bertz CT molecular complexity index is 442. The maximum absolute atomic E-state index is 11.6. The molecule has 0 N–H and O–H groups in total. The van der Waals surface area contributed by atoms with E-state index < -0.39 is 0 Å². The number of hydrogen-bond donors (Lipinski definition) is 0. The van der Waals surface area contributed by atoms with E-state index in [1.54, 1.807) is 13.2 Å². The SMILES string of the molecule is COc1ccc2c(c1)C(C)(C)C=CC2=O. The third kappa shape index (κ3) is 1.56. The van der Waals surface area contributed by atoms with E-state index in [-0.39, 0.29) is 11.2 Å². The number of carbonyl (C=O) groups excluding carboxylic acids is 1. The molecule has 0 aromatic heterocycles. The van der Waals surface area contributed by atoms with Gasteiger partial charge in [-0.25, -0.2) is 0 Å². The Morgan fingerprint density at radius 2 is 2.00 bits per heavy atom. The highest BCUT2D eigenvalue weighted by molar-refractivity contribution is 6.07. The average Bonchev–Trinajstić information content (AvgIpc) is 2.24. The summed E-state index contributed by atoms with van der Waals surface area (Å²) in [5.41, 5.74) is 1.72. The second-order valence-corrected chi connectivity index (χ2v) is 4.33. The molecule has 1 aromatic carbocycles. The van der Waals surface area contributed by atoms with Crippen molar-refractivity contribution in [2.75, 3.05) is 7.11 Å². The van der Waals surface area contributed by atoms with E-state index in [4.69, 9.17) is 4.74 Å². The van der Waals surface area contributed by atoms with E-state index >= 15 is 0 Å². The average molecular weight is 202 g/mol. The largest absolute Gasteiger partial charge is 0.497 e. The van der Waals surface area contributed by atoms with Crippen molar-refractivity contribution < 1.29 is 9.53 Å². The van der Waals surface area contributed by atoms with Crippen LogP contribution in [0.5, 0.6) is 5.75 Å². The van der Waals surface area contributed by atoms with Crippen LogP contribution < -0.4 is 4.74 Å². The molecule has 0 bridgehead atoms. The molecule has 0 aliphatic heterocycles. The number of methoxy groups -OCH3 is 1. The van der Waals surface area contributed by atoms with Crippen molar-refractivity contribution in [1.29, 1.82) is 0 Å². The standard InChI is InChI=1S/C13H14O2/c1-13(2)7-6-12(14)10-5-4-9(15-3)8-11(10)13/h4-8H,1-3H3. The molecule has 15 heavy (non-hydrogen) atoms. The predicted octanol–water partition coefficient (Wildman–Crippen LogP) is 2.73. The highest BCUT2D eigenvalue weighted by Gasteiger charge is 2.27. The lowest BCUT2D eigenvalue weighted by atomic mass is 9.77. The van der Waals surface area contributed by atoms with Gasteiger partial charge in [-0.1, -0.05) is 19.9 Å². The molecule has 0 saturated carbocycles. The fraction of sp³-hybridized carbons (Fsp3) is 0.308. The Labute approximate surface area is 89.6 Å². The number of fused-ring (bicyclic) bond motifs is 1. The van der Waals surface area contributed by atoms with Gasteiger partial charge in [0.25, 0.3) is 0 Å². The van der Waals surface area contributed by atoms with Crippen LogP contribution in [0.4, 0.5) is 0 Å². The molecule has 0 saturated heterocycles. The van der Waals surface area contributed by atoms with E-state index in [0.29, 0.717) is 0 Å². The second kappa shape index (κ2) is 3.23. The molecule has 0 fully saturated rings. The summed E-state index contributed by atoms with van der Waals surface area (Å²) in [5.74, 6) is 0.872. The van der Waals surface area contributed by atoms with Crippen LogP contribution in [-0.4, -0.2) is 12.9 Å². The van der Waals surface area contributed by atoms with Crippen LogP contribution in [0.2, 0.25) is 0 Å². The molecule has 1 aromatic rings. The van der Waals surface area contributed by atoms with Crippen LogP contribution in [-0.2, 0) is 5.41 Å². The van der Waals surface area contributed by atoms with Crippen LogP contribution in [0.3, 0.4) is 0 Å². The van der Waals surface area contributed by atoms with Crippen LogP contribution in [0.25, 0.3) is 0 Å². The number of ketones is 1. The van der Waals surface area contributed by atoms with Crippen molar-refractivity contribution in [1.82, 2.24) is 0 Å². The maximum atomic E-state index is 11.6. The summed E-state index contributed by atoms with van der Waals surface area (Å²) in [6, 6.07) is 5.60. The van der Waals surface area contributed by atoms with Crippen molar-refractivity contribution in [3.05, 3.63) is 41.5 Å². The molecule has 2 nitrogen and oxygen atoms in total. The third-order valence-corrected chi connectivity index (χ3v) is 2.84. The highest BCUT2D eigenvalue weighted by atomic mass is 16.5. The normalized spacial score (nSPS) is 17.4. The van der Waals surface area contributed by atoms with E-state index in [0.717, 1.165) is 16.9 Å². The summed E-state index contributed by atoms with van der Waals surface area (Å²) in [4.78, 5) is 11.6. The molecule has 0 heterocycles. The van der Waals surface area contributed by atoms with Crippen LogP contribution in [0, 0.1) is 0 Å².